The van der Waals surface area contributed by atoms with Gasteiger partial charge in [0.2, 0.25) is 0 Å². The number of unbranched alkanes of at least 4 members (excludes halogenated alkanes) is 3. The Hall–Kier alpha value is -2.09. The molecule has 212 valence electrons. The van der Waals surface area contributed by atoms with Crippen molar-refractivity contribution in [2.75, 3.05) is 26.2 Å². The van der Waals surface area contributed by atoms with Crippen molar-refractivity contribution in [3.63, 3.8) is 0 Å². The number of carbonyl (C=O) groups excluding carboxylic acids is 1. The van der Waals surface area contributed by atoms with Crippen LogP contribution in [0.4, 0.5) is 0 Å². The lowest BCUT2D eigenvalue weighted by Crippen LogP contribution is -2.53. The zero-order chi connectivity index (χ0) is 27.5. The number of phenolic OH excluding ortho intramolecular Hbond substituents is 1. The molecule has 0 spiro atoms. The van der Waals surface area contributed by atoms with Crippen molar-refractivity contribution in [2.24, 2.45) is 5.92 Å². The summed E-state index contributed by atoms with van der Waals surface area (Å²) in [4.78, 5) is 12.9. The molecule has 0 amide bonds. The lowest BCUT2D eigenvalue weighted by Gasteiger charge is -2.48. The number of phenols is 1. The first kappa shape index (κ1) is 28.9. The Balaban J connectivity index is 1.52. The summed E-state index contributed by atoms with van der Waals surface area (Å²) in [6, 6.07) is 4.12. The summed E-state index contributed by atoms with van der Waals surface area (Å²) in [6.07, 6.45) is 8.68. The minimum atomic E-state index is -0.608. The molecule has 1 aromatic carbocycles. The number of rotatable bonds is 11. The SMILES string of the molecule is CCCCCCC(C)(C)c1cc(O)c2c(c1)OC(C)(C)[C@@H]1CC=C(C(O)CN3CCNC(OC=O)C3)C[C@@H]21. The Kier molecular flexibility index (Phi) is 9.11. The van der Waals surface area contributed by atoms with E-state index in [1.807, 2.05) is 6.07 Å². The van der Waals surface area contributed by atoms with Gasteiger partial charge >= 0.3 is 0 Å². The first-order valence-corrected chi connectivity index (χ1v) is 14.5. The van der Waals surface area contributed by atoms with Gasteiger partial charge in [-0.05, 0) is 61.8 Å². The van der Waals surface area contributed by atoms with Crippen molar-refractivity contribution < 1.29 is 24.5 Å². The minimum absolute atomic E-state index is 0.0485. The summed E-state index contributed by atoms with van der Waals surface area (Å²) in [5, 5.41) is 25.7. The van der Waals surface area contributed by atoms with E-state index in [0.717, 1.165) is 41.8 Å². The fourth-order valence-corrected chi connectivity index (χ4v) is 6.68. The molecule has 1 aliphatic carbocycles. The van der Waals surface area contributed by atoms with Gasteiger partial charge in [0.25, 0.3) is 6.47 Å². The minimum Gasteiger partial charge on any atom is -0.508 e. The van der Waals surface area contributed by atoms with Crippen LogP contribution in [0.25, 0.3) is 0 Å². The fraction of sp³-hybridized carbons (Fsp3) is 0.710. The first-order chi connectivity index (χ1) is 18.1. The summed E-state index contributed by atoms with van der Waals surface area (Å²) in [7, 11) is 0. The van der Waals surface area contributed by atoms with E-state index in [0.29, 0.717) is 38.3 Å². The molecule has 2 heterocycles. The summed E-state index contributed by atoms with van der Waals surface area (Å²) in [5.41, 5.74) is 2.60. The van der Waals surface area contributed by atoms with Gasteiger partial charge < -0.3 is 19.7 Å². The van der Waals surface area contributed by atoms with E-state index in [-0.39, 0.29) is 29.1 Å². The number of aliphatic hydroxyl groups is 1. The fourth-order valence-electron chi connectivity index (χ4n) is 6.68. The van der Waals surface area contributed by atoms with Gasteiger partial charge in [0.15, 0.2) is 6.23 Å². The number of aliphatic hydroxyl groups excluding tert-OH is 1. The Bertz CT molecular complexity index is 1000. The maximum absolute atomic E-state index is 11.4. The summed E-state index contributed by atoms with van der Waals surface area (Å²) >= 11 is 0. The molecule has 2 aliphatic heterocycles. The van der Waals surface area contributed by atoms with Crippen LogP contribution in [0.3, 0.4) is 0 Å². The van der Waals surface area contributed by atoms with Gasteiger partial charge in [-0.1, -0.05) is 52.5 Å². The summed E-state index contributed by atoms with van der Waals surface area (Å²) in [6.45, 7) is 14.1. The quantitative estimate of drug-likeness (QED) is 0.212. The van der Waals surface area contributed by atoms with Crippen LogP contribution in [-0.2, 0) is 14.9 Å². The standard InChI is InChI=1S/C31H48N2O5/c1-6-7-8-9-12-30(2,3)22-16-25(35)29-23-15-21(10-11-24(23)31(4,5)38-27(29)17-22)26(36)18-33-14-13-32-28(19-33)37-20-34/h10,16-17,20,23-24,26,28,32,35-36H,6-9,11-15,18-19H2,1-5H3/t23-,24-,26?,28?/m1/s1. The number of benzene rings is 1. The number of nitrogens with zero attached hydrogens (tertiary/aromatic N) is 1. The molecule has 1 saturated heterocycles. The van der Waals surface area contributed by atoms with E-state index in [2.05, 4.69) is 57.0 Å². The van der Waals surface area contributed by atoms with Crippen molar-refractivity contribution in [2.45, 2.75) is 109 Å². The predicted octanol–water partition coefficient (Wildman–Crippen LogP) is 5.00. The van der Waals surface area contributed by atoms with Crippen molar-refractivity contribution in [1.82, 2.24) is 10.2 Å². The van der Waals surface area contributed by atoms with Gasteiger partial charge in [0, 0.05) is 43.6 Å². The van der Waals surface area contributed by atoms with Crippen molar-refractivity contribution in [1.29, 1.82) is 0 Å². The van der Waals surface area contributed by atoms with Crippen molar-refractivity contribution >= 4 is 6.47 Å². The largest absolute Gasteiger partial charge is 0.508 e. The monoisotopic (exact) mass is 528 g/mol. The second-order valence-electron chi connectivity index (χ2n) is 12.7. The molecule has 4 atom stereocenters. The molecule has 38 heavy (non-hydrogen) atoms. The highest BCUT2D eigenvalue weighted by Crippen LogP contribution is 2.55. The van der Waals surface area contributed by atoms with Gasteiger partial charge in [-0.25, -0.2) is 0 Å². The van der Waals surface area contributed by atoms with Crippen LogP contribution in [0.15, 0.2) is 23.8 Å². The van der Waals surface area contributed by atoms with Crippen LogP contribution in [0.5, 0.6) is 11.5 Å². The first-order valence-electron chi connectivity index (χ1n) is 14.5. The number of carbonyl (C=O) groups is 1. The highest BCUT2D eigenvalue weighted by atomic mass is 16.5. The smallest absolute Gasteiger partial charge is 0.294 e. The molecule has 3 aliphatic rings. The topological polar surface area (TPSA) is 91.3 Å². The number of hydrogen-bond acceptors (Lipinski definition) is 7. The zero-order valence-corrected chi connectivity index (χ0v) is 24.0. The molecule has 0 bridgehead atoms. The molecule has 1 aromatic rings. The predicted molar refractivity (Wildman–Crippen MR) is 150 cm³/mol. The van der Waals surface area contributed by atoms with Gasteiger partial charge in [-0.3, -0.25) is 15.0 Å². The number of nitrogens with one attached hydrogen (secondary N) is 1. The van der Waals surface area contributed by atoms with E-state index >= 15 is 0 Å². The van der Waals surface area contributed by atoms with Crippen LogP contribution < -0.4 is 10.1 Å². The Morgan fingerprint density at radius 3 is 2.82 bits per heavy atom. The number of fused-ring (bicyclic) bond motifs is 3. The molecule has 4 rings (SSSR count). The lowest BCUT2D eigenvalue weighted by atomic mass is 9.66. The molecule has 0 aromatic heterocycles. The lowest BCUT2D eigenvalue weighted by molar-refractivity contribution is -0.137. The molecule has 0 radical (unpaired) electrons. The Morgan fingerprint density at radius 2 is 2.08 bits per heavy atom. The maximum Gasteiger partial charge on any atom is 0.294 e. The number of ether oxygens (including phenoxy) is 2. The third-order valence-corrected chi connectivity index (χ3v) is 9.07. The molecular formula is C31H48N2O5. The summed E-state index contributed by atoms with van der Waals surface area (Å²) in [5.74, 6) is 1.41. The molecule has 7 heteroatoms. The third-order valence-electron chi connectivity index (χ3n) is 9.07. The molecule has 0 saturated carbocycles. The Labute approximate surface area is 228 Å². The van der Waals surface area contributed by atoms with Crippen molar-refractivity contribution in [3.05, 3.63) is 34.9 Å². The molecule has 1 fully saturated rings. The van der Waals surface area contributed by atoms with Crippen LogP contribution in [0, 0.1) is 5.92 Å². The van der Waals surface area contributed by atoms with Crippen LogP contribution in [0.2, 0.25) is 0 Å². The van der Waals surface area contributed by atoms with E-state index in [9.17, 15) is 15.0 Å². The Morgan fingerprint density at radius 1 is 1.29 bits per heavy atom. The maximum atomic E-state index is 11.4. The van der Waals surface area contributed by atoms with E-state index in [4.69, 9.17) is 9.47 Å². The molecular weight excluding hydrogens is 480 g/mol. The number of aromatic hydroxyl groups is 1. The van der Waals surface area contributed by atoms with Crippen molar-refractivity contribution in [3.8, 4) is 11.5 Å². The molecule has 3 N–H and O–H groups in total. The van der Waals surface area contributed by atoms with Gasteiger partial charge in [-0.2, -0.15) is 0 Å². The highest BCUT2D eigenvalue weighted by molar-refractivity contribution is 5.54. The van der Waals surface area contributed by atoms with Gasteiger partial charge in [0.05, 0.1) is 6.10 Å². The third kappa shape index (κ3) is 6.37. The number of piperazine rings is 1. The second-order valence-corrected chi connectivity index (χ2v) is 12.7. The zero-order valence-electron chi connectivity index (χ0n) is 24.0. The van der Waals surface area contributed by atoms with E-state index in [1.54, 1.807) is 0 Å². The highest BCUT2D eigenvalue weighted by Gasteiger charge is 2.47. The van der Waals surface area contributed by atoms with Crippen LogP contribution in [-0.4, -0.2) is 65.7 Å². The average molecular weight is 529 g/mol. The van der Waals surface area contributed by atoms with Crippen LogP contribution >= 0.6 is 0 Å². The van der Waals surface area contributed by atoms with Gasteiger partial charge in [-0.15, -0.1) is 0 Å². The second kappa shape index (κ2) is 12.0. The average Bonchev–Trinajstić information content (AvgIpc) is 2.86. The number of β-amino-alcohol motifs (C(OH)–C–C–N with tert-alkyl or cyclic N) is 1. The molecule has 2 unspecified atom stereocenters. The van der Waals surface area contributed by atoms with E-state index in [1.165, 1.54) is 25.7 Å². The summed E-state index contributed by atoms with van der Waals surface area (Å²) < 4.78 is 11.7. The van der Waals surface area contributed by atoms with E-state index < -0.39 is 6.10 Å². The number of allylic oxidation sites excluding steroid dienone is 1. The number of hydrogen-bond donors (Lipinski definition) is 3. The van der Waals surface area contributed by atoms with Gasteiger partial charge in [0.1, 0.15) is 17.1 Å². The molecule has 7 nitrogen and oxygen atoms in total. The normalized spacial score (nSPS) is 25.9. The van der Waals surface area contributed by atoms with Crippen LogP contribution in [0.1, 0.15) is 96.6 Å².